The van der Waals surface area contributed by atoms with Crippen molar-refractivity contribution in [2.24, 2.45) is 0 Å². The van der Waals surface area contributed by atoms with E-state index in [0.29, 0.717) is 17.1 Å². The number of carbonyl (C=O) groups is 2. The van der Waals surface area contributed by atoms with E-state index in [0.717, 1.165) is 28.5 Å². The minimum Gasteiger partial charge on any atom is -0.399 e. The SMILES string of the molecule is Cc1ccc(CN2C(=O)S/C(=C\c3cccc(N)c3)C2=O)cc1. The molecule has 0 aliphatic carbocycles. The number of hydrogen-bond acceptors (Lipinski definition) is 4. The minimum atomic E-state index is -0.261. The van der Waals surface area contributed by atoms with Gasteiger partial charge in [0.1, 0.15) is 0 Å². The molecule has 0 aromatic heterocycles. The number of nitrogen functional groups attached to an aromatic ring is 1. The van der Waals surface area contributed by atoms with E-state index in [1.165, 1.54) is 4.90 Å². The van der Waals surface area contributed by atoms with Gasteiger partial charge in [0.15, 0.2) is 0 Å². The summed E-state index contributed by atoms with van der Waals surface area (Å²) in [6.07, 6.45) is 1.70. The first-order chi connectivity index (χ1) is 11.0. The van der Waals surface area contributed by atoms with Gasteiger partial charge in [-0.3, -0.25) is 14.5 Å². The Morgan fingerprint density at radius 3 is 2.57 bits per heavy atom. The number of hydrogen-bond donors (Lipinski definition) is 1. The molecule has 5 heteroatoms. The minimum absolute atomic E-state index is 0.245. The zero-order valence-electron chi connectivity index (χ0n) is 12.7. The number of nitrogens with zero attached hydrogens (tertiary/aromatic N) is 1. The highest BCUT2D eigenvalue weighted by Crippen LogP contribution is 2.33. The quantitative estimate of drug-likeness (QED) is 0.689. The molecule has 3 rings (SSSR count). The first-order valence-corrected chi connectivity index (χ1v) is 8.01. The number of aryl methyl sites for hydroxylation is 1. The van der Waals surface area contributed by atoms with Crippen molar-refractivity contribution in [2.45, 2.75) is 13.5 Å². The molecule has 0 saturated carbocycles. The summed E-state index contributed by atoms with van der Waals surface area (Å²) < 4.78 is 0. The second-order valence-electron chi connectivity index (χ2n) is 5.42. The Kier molecular flexibility index (Phi) is 4.21. The third-order valence-electron chi connectivity index (χ3n) is 3.54. The topological polar surface area (TPSA) is 63.4 Å². The summed E-state index contributed by atoms with van der Waals surface area (Å²) in [6.45, 7) is 2.29. The molecule has 23 heavy (non-hydrogen) atoms. The number of thioether (sulfide) groups is 1. The molecule has 0 unspecified atom stereocenters. The molecule has 2 aromatic rings. The lowest BCUT2D eigenvalue weighted by atomic mass is 10.1. The van der Waals surface area contributed by atoms with Crippen LogP contribution in [0.5, 0.6) is 0 Å². The molecule has 2 N–H and O–H groups in total. The molecule has 0 radical (unpaired) electrons. The van der Waals surface area contributed by atoms with E-state index in [2.05, 4.69) is 0 Å². The van der Waals surface area contributed by atoms with Crippen molar-refractivity contribution in [2.75, 3.05) is 5.73 Å². The zero-order valence-corrected chi connectivity index (χ0v) is 13.5. The van der Waals surface area contributed by atoms with Crippen molar-refractivity contribution in [3.8, 4) is 0 Å². The number of benzene rings is 2. The highest BCUT2D eigenvalue weighted by molar-refractivity contribution is 8.18. The Morgan fingerprint density at radius 1 is 1.13 bits per heavy atom. The van der Waals surface area contributed by atoms with Crippen LogP contribution in [0.15, 0.2) is 53.4 Å². The molecule has 0 spiro atoms. The normalized spacial score (nSPS) is 16.4. The Balaban J connectivity index is 1.81. The van der Waals surface area contributed by atoms with Gasteiger partial charge >= 0.3 is 0 Å². The largest absolute Gasteiger partial charge is 0.399 e. The zero-order chi connectivity index (χ0) is 16.4. The van der Waals surface area contributed by atoms with Gasteiger partial charge in [-0.25, -0.2) is 0 Å². The van der Waals surface area contributed by atoms with E-state index in [1.807, 2.05) is 43.3 Å². The molecule has 2 aromatic carbocycles. The van der Waals surface area contributed by atoms with Crippen LogP contribution in [0, 0.1) is 6.92 Å². The molecule has 0 atom stereocenters. The lowest BCUT2D eigenvalue weighted by molar-refractivity contribution is -0.123. The standard InChI is InChI=1S/C18H16N2O2S/c1-12-5-7-13(8-6-12)11-20-17(21)16(23-18(20)22)10-14-3-2-4-15(19)9-14/h2-10H,11,19H2,1H3/b16-10-. The Bertz CT molecular complexity index is 797. The highest BCUT2D eigenvalue weighted by atomic mass is 32.2. The smallest absolute Gasteiger partial charge is 0.293 e. The number of rotatable bonds is 3. The highest BCUT2D eigenvalue weighted by Gasteiger charge is 2.34. The van der Waals surface area contributed by atoms with Gasteiger partial charge in [-0.05, 0) is 48.0 Å². The van der Waals surface area contributed by atoms with Crippen LogP contribution in [-0.2, 0) is 11.3 Å². The number of nitrogens with two attached hydrogens (primary N) is 1. The maximum absolute atomic E-state index is 12.5. The first kappa shape index (κ1) is 15.4. The lowest BCUT2D eigenvalue weighted by Gasteiger charge is -2.12. The number of carbonyl (C=O) groups excluding carboxylic acids is 2. The fourth-order valence-electron chi connectivity index (χ4n) is 2.31. The molecule has 116 valence electrons. The van der Waals surface area contributed by atoms with Crippen LogP contribution in [0.4, 0.5) is 10.5 Å². The summed E-state index contributed by atoms with van der Waals surface area (Å²) in [5, 5.41) is -0.245. The molecule has 1 saturated heterocycles. The predicted octanol–water partition coefficient (Wildman–Crippen LogP) is 3.81. The summed E-state index contributed by atoms with van der Waals surface area (Å²) in [5.74, 6) is -0.261. The molecular formula is C18H16N2O2S. The Hall–Kier alpha value is -2.53. The summed E-state index contributed by atoms with van der Waals surface area (Å²) in [5.41, 5.74) is 9.25. The van der Waals surface area contributed by atoms with Crippen LogP contribution in [0.1, 0.15) is 16.7 Å². The van der Waals surface area contributed by atoms with E-state index in [-0.39, 0.29) is 11.1 Å². The average molecular weight is 324 g/mol. The van der Waals surface area contributed by atoms with Gasteiger partial charge in [-0.15, -0.1) is 0 Å². The van der Waals surface area contributed by atoms with Crippen LogP contribution in [-0.4, -0.2) is 16.0 Å². The van der Waals surface area contributed by atoms with Gasteiger partial charge in [0, 0.05) is 5.69 Å². The van der Waals surface area contributed by atoms with Crippen LogP contribution >= 0.6 is 11.8 Å². The lowest BCUT2D eigenvalue weighted by Crippen LogP contribution is -2.27. The number of anilines is 1. The fraction of sp³-hybridized carbons (Fsp3) is 0.111. The van der Waals surface area contributed by atoms with Crippen LogP contribution in [0.25, 0.3) is 6.08 Å². The van der Waals surface area contributed by atoms with Gasteiger partial charge in [-0.2, -0.15) is 0 Å². The van der Waals surface area contributed by atoms with Crippen LogP contribution in [0.3, 0.4) is 0 Å². The summed E-state index contributed by atoms with van der Waals surface area (Å²) >= 11 is 0.963. The van der Waals surface area contributed by atoms with E-state index in [4.69, 9.17) is 5.73 Å². The van der Waals surface area contributed by atoms with Crippen molar-refractivity contribution in [1.29, 1.82) is 0 Å². The molecule has 1 fully saturated rings. The summed E-state index contributed by atoms with van der Waals surface area (Å²) in [6, 6.07) is 15.0. The fourth-order valence-corrected chi connectivity index (χ4v) is 3.15. The van der Waals surface area contributed by atoms with E-state index in [9.17, 15) is 9.59 Å². The van der Waals surface area contributed by atoms with Crippen molar-refractivity contribution in [1.82, 2.24) is 4.90 Å². The van der Waals surface area contributed by atoms with Gasteiger partial charge < -0.3 is 5.73 Å². The van der Waals surface area contributed by atoms with E-state index < -0.39 is 0 Å². The average Bonchev–Trinajstić information content (AvgIpc) is 2.77. The molecular weight excluding hydrogens is 308 g/mol. The second-order valence-corrected chi connectivity index (χ2v) is 6.42. The third-order valence-corrected chi connectivity index (χ3v) is 4.45. The maximum atomic E-state index is 12.5. The molecule has 1 heterocycles. The molecule has 1 aliphatic rings. The maximum Gasteiger partial charge on any atom is 0.293 e. The molecule has 2 amide bonds. The number of amides is 2. The Morgan fingerprint density at radius 2 is 1.87 bits per heavy atom. The third kappa shape index (κ3) is 3.46. The monoisotopic (exact) mass is 324 g/mol. The van der Waals surface area contributed by atoms with Gasteiger partial charge in [0.05, 0.1) is 11.4 Å². The number of imide groups is 1. The first-order valence-electron chi connectivity index (χ1n) is 7.19. The van der Waals surface area contributed by atoms with Crippen molar-refractivity contribution in [3.05, 3.63) is 70.1 Å². The van der Waals surface area contributed by atoms with Crippen LogP contribution < -0.4 is 5.73 Å². The predicted molar refractivity (Wildman–Crippen MR) is 93.5 cm³/mol. The van der Waals surface area contributed by atoms with E-state index >= 15 is 0 Å². The second kappa shape index (κ2) is 6.30. The molecule has 1 aliphatic heterocycles. The van der Waals surface area contributed by atoms with Crippen LogP contribution in [0.2, 0.25) is 0 Å². The molecule has 0 bridgehead atoms. The van der Waals surface area contributed by atoms with Crippen molar-refractivity contribution >= 4 is 34.7 Å². The van der Waals surface area contributed by atoms with Crippen molar-refractivity contribution < 1.29 is 9.59 Å². The summed E-state index contributed by atoms with van der Waals surface area (Å²) in [7, 11) is 0. The summed E-state index contributed by atoms with van der Waals surface area (Å²) in [4.78, 5) is 26.3. The van der Waals surface area contributed by atoms with Crippen molar-refractivity contribution in [3.63, 3.8) is 0 Å². The van der Waals surface area contributed by atoms with Gasteiger partial charge in [0.25, 0.3) is 11.1 Å². The Labute approximate surface area is 139 Å². The van der Waals surface area contributed by atoms with E-state index in [1.54, 1.807) is 18.2 Å². The molecule has 4 nitrogen and oxygen atoms in total. The van der Waals surface area contributed by atoms with Gasteiger partial charge in [-0.1, -0.05) is 42.0 Å². The van der Waals surface area contributed by atoms with Gasteiger partial charge in [0.2, 0.25) is 0 Å².